The van der Waals surface area contributed by atoms with Gasteiger partial charge in [-0.05, 0) is 0 Å². The van der Waals surface area contributed by atoms with Crippen molar-refractivity contribution >= 4 is 0 Å². The summed E-state index contributed by atoms with van der Waals surface area (Å²) in [6.07, 6.45) is -6.15. The highest BCUT2D eigenvalue weighted by Gasteiger charge is 2.44. The Morgan fingerprint density at radius 3 is 2.55 bits per heavy atom. The SMILES string of the molecule is O=c1ccn(C2OC(CCF)[C@@H](O)[C@@H](O)[C@@H]2O)c(=O)[nH]1. The van der Waals surface area contributed by atoms with Crippen LogP contribution >= 0.6 is 0 Å². The van der Waals surface area contributed by atoms with Gasteiger partial charge in [0.15, 0.2) is 6.23 Å². The highest BCUT2D eigenvalue weighted by Crippen LogP contribution is 2.28. The fourth-order valence-corrected chi connectivity index (χ4v) is 2.13. The normalized spacial score (nSPS) is 34.1. The first-order valence-electron chi connectivity index (χ1n) is 6.03. The van der Waals surface area contributed by atoms with E-state index in [1.54, 1.807) is 0 Å². The molecule has 2 unspecified atom stereocenters. The van der Waals surface area contributed by atoms with Crippen LogP contribution in [0.3, 0.4) is 0 Å². The lowest BCUT2D eigenvalue weighted by atomic mass is 9.96. The molecule has 0 aromatic carbocycles. The van der Waals surface area contributed by atoms with Crippen molar-refractivity contribution in [1.29, 1.82) is 0 Å². The number of rotatable bonds is 3. The summed E-state index contributed by atoms with van der Waals surface area (Å²) in [4.78, 5) is 24.6. The lowest BCUT2D eigenvalue weighted by Gasteiger charge is -2.40. The summed E-state index contributed by atoms with van der Waals surface area (Å²) in [5, 5.41) is 29.3. The fourth-order valence-electron chi connectivity index (χ4n) is 2.13. The lowest BCUT2D eigenvalue weighted by Crippen LogP contribution is -2.57. The maximum atomic E-state index is 12.4. The van der Waals surface area contributed by atoms with Crippen molar-refractivity contribution in [2.75, 3.05) is 6.67 Å². The molecule has 1 aliphatic heterocycles. The van der Waals surface area contributed by atoms with E-state index in [4.69, 9.17) is 4.74 Å². The maximum absolute atomic E-state index is 12.4. The minimum absolute atomic E-state index is 0.195. The molecule has 0 amide bonds. The Kier molecular flexibility index (Phi) is 4.33. The molecule has 9 heteroatoms. The van der Waals surface area contributed by atoms with Crippen molar-refractivity contribution in [3.8, 4) is 0 Å². The predicted octanol–water partition coefficient (Wildman–Crippen LogP) is -2.12. The molecule has 0 radical (unpaired) electrons. The van der Waals surface area contributed by atoms with E-state index in [0.29, 0.717) is 0 Å². The Labute approximate surface area is 112 Å². The minimum Gasteiger partial charge on any atom is -0.388 e. The number of hydrogen-bond donors (Lipinski definition) is 4. The Bertz CT molecular complexity index is 573. The van der Waals surface area contributed by atoms with Gasteiger partial charge in [0.1, 0.15) is 18.3 Å². The zero-order valence-corrected chi connectivity index (χ0v) is 10.3. The van der Waals surface area contributed by atoms with Gasteiger partial charge in [-0.3, -0.25) is 18.7 Å². The number of hydrogen-bond acceptors (Lipinski definition) is 6. The van der Waals surface area contributed by atoms with Crippen molar-refractivity contribution in [2.45, 2.75) is 37.1 Å². The van der Waals surface area contributed by atoms with Crippen LogP contribution in [-0.4, -0.2) is 56.0 Å². The third-order valence-electron chi connectivity index (χ3n) is 3.21. The minimum atomic E-state index is -1.59. The van der Waals surface area contributed by atoms with Gasteiger partial charge in [0.25, 0.3) is 5.56 Å². The summed E-state index contributed by atoms with van der Waals surface area (Å²) < 4.78 is 18.5. The van der Waals surface area contributed by atoms with Crippen LogP contribution in [0.25, 0.3) is 0 Å². The van der Waals surface area contributed by atoms with E-state index in [2.05, 4.69) is 0 Å². The second kappa shape index (κ2) is 5.83. The zero-order valence-electron chi connectivity index (χ0n) is 10.3. The molecule has 0 spiro atoms. The molecule has 2 heterocycles. The standard InChI is InChI=1S/C11H15FN2O6/c12-3-1-5-7(16)8(17)9(18)10(20-5)14-4-2-6(15)13-11(14)19/h2,4-5,7-10,16-18H,1,3H2,(H,13,15,19)/t5?,7-,8-,9+,10?/m1/s1. The van der Waals surface area contributed by atoms with Gasteiger partial charge in [-0.2, -0.15) is 0 Å². The van der Waals surface area contributed by atoms with E-state index in [9.17, 15) is 29.3 Å². The molecule has 2 rings (SSSR count). The van der Waals surface area contributed by atoms with Crippen LogP contribution < -0.4 is 11.2 Å². The Morgan fingerprint density at radius 2 is 1.95 bits per heavy atom. The van der Waals surface area contributed by atoms with Crippen molar-refractivity contribution < 1.29 is 24.4 Å². The maximum Gasteiger partial charge on any atom is 0.330 e. The average molecular weight is 290 g/mol. The highest BCUT2D eigenvalue weighted by atomic mass is 19.1. The molecule has 0 aliphatic carbocycles. The molecular weight excluding hydrogens is 275 g/mol. The van der Waals surface area contributed by atoms with Crippen molar-refractivity contribution in [1.82, 2.24) is 9.55 Å². The number of alkyl halides is 1. The third kappa shape index (κ3) is 2.66. The number of halogens is 1. The van der Waals surface area contributed by atoms with Crippen LogP contribution in [0, 0.1) is 0 Å². The van der Waals surface area contributed by atoms with Gasteiger partial charge in [0.05, 0.1) is 12.8 Å². The molecule has 1 aromatic heterocycles. The van der Waals surface area contributed by atoms with Crippen molar-refractivity contribution in [3.63, 3.8) is 0 Å². The number of H-pyrrole nitrogens is 1. The van der Waals surface area contributed by atoms with E-state index in [1.807, 2.05) is 4.98 Å². The van der Waals surface area contributed by atoms with E-state index in [0.717, 1.165) is 16.8 Å². The molecule has 20 heavy (non-hydrogen) atoms. The second-order valence-corrected chi connectivity index (χ2v) is 4.53. The monoisotopic (exact) mass is 290 g/mol. The summed E-state index contributed by atoms with van der Waals surface area (Å²) in [7, 11) is 0. The number of aromatic nitrogens is 2. The summed E-state index contributed by atoms with van der Waals surface area (Å²) in [5.74, 6) is 0. The van der Waals surface area contributed by atoms with Crippen LogP contribution in [0.2, 0.25) is 0 Å². The average Bonchev–Trinajstić information content (AvgIpc) is 2.40. The van der Waals surface area contributed by atoms with Gasteiger partial charge < -0.3 is 20.1 Å². The molecule has 1 saturated heterocycles. The fraction of sp³-hybridized carbons (Fsp3) is 0.636. The first-order valence-corrected chi connectivity index (χ1v) is 6.03. The van der Waals surface area contributed by atoms with Gasteiger partial charge in [0, 0.05) is 18.7 Å². The topological polar surface area (TPSA) is 125 Å². The number of nitrogens with zero attached hydrogens (tertiary/aromatic N) is 1. The number of nitrogens with one attached hydrogen (secondary N) is 1. The molecule has 1 aliphatic rings. The molecule has 0 bridgehead atoms. The molecule has 0 saturated carbocycles. The number of aliphatic hydroxyl groups is 3. The van der Waals surface area contributed by atoms with Crippen LogP contribution in [-0.2, 0) is 4.74 Å². The van der Waals surface area contributed by atoms with Crippen LogP contribution in [0.15, 0.2) is 21.9 Å². The van der Waals surface area contributed by atoms with Gasteiger partial charge in [-0.15, -0.1) is 0 Å². The van der Waals surface area contributed by atoms with E-state index in [-0.39, 0.29) is 6.42 Å². The molecule has 4 N–H and O–H groups in total. The molecule has 1 fully saturated rings. The van der Waals surface area contributed by atoms with Crippen molar-refractivity contribution in [2.24, 2.45) is 0 Å². The number of aromatic amines is 1. The summed E-state index contributed by atoms with van der Waals surface area (Å²) in [5.41, 5.74) is -1.47. The van der Waals surface area contributed by atoms with Gasteiger partial charge in [-0.1, -0.05) is 0 Å². The highest BCUT2D eigenvalue weighted by molar-refractivity contribution is 4.93. The summed E-state index contributed by atoms with van der Waals surface area (Å²) in [6, 6.07) is 1.04. The molecular formula is C11H15FN2O6. The van der Waals surface area contributed by atoms with E-state index >= 15 is 0 Å². The number of aliphatic hydroxyl groups excluding tert-OH is 3. The molecule has 112 valence electrons. The first-order chi connectivity index (χ1) is 9.45. The van der Waals surface area contributed by atoms with Crippen LogP contribution in [0.4, 0.5) is 4.39 Å². The second-order valence-electron chi connectivity index (χ2n) is 4.53. The van der Waals surface area contributed by atoms with E-state index in [1.165, 1.54) is 0 Å². The largest absolute Gasteiger partial charge is 0.388 e. The molecule has 8 nitrogen and oxygen atoms in total. The van der Waals surface area contributed by atoms with Crippen LogP contribution in [0.5, 0.6) is 0 Å². The Hall–Kier alpha value is -1.55. The lowest BCUT2D eigenvalue weighted by molar-refractivity contribution is -0.247. The van der Waals surface area contributed by atoms with Crippen molar-refractivity contribution in [3.05, 3.63) is 33.1 Å². The summed E-state index contributed by atoms with van der Waals surface area (Å²) >= 11 is 0. The van der Waals surface area contributed by atoms with Gasteiger partial charge in [-0.25, -0.2) is 4.79 Å². The van der Waals surface area contributed by atoms with Gasteiger partial charge >= 0.3 is 5.69 Å². The summed E-state index contributed by atoms with van der Waals surface area (Å²) in [6.45, 7) is -0.794. The predicted molar refractivity (Wildman–Crippen MR) is 63.8 cm³/mol. The molecule has 5 atom stereocenters. The van der Waals surface area contributed by atoms with E-state index < -0.39 is 48.6 Å². The molecule has 1 aromatic rings. The first kappa shape index (κ1) is 14.9. The number of ether oxygens (including phenoxy) is 1. The van der Waals surface area contributed by atoms with Crippen LogP contribution in [0.1, 0.15) is 12.6 Å². The Morgan fingerprint density at radius 1 is 1.25 bits per heavy atom. The quantitative estimate of drug-likeness (QED) is 0.504. The smallest absolute Gasteiger partial charge is 0.330 e. The zero-order chi connectivity index (χ0) is 14.9. The third-order valence-corrected chi connectivity index (χ3v) is 3.21. The Balaban J connectivity index is 2.34. The van der Waals surface area contributed by atoms with Gasteiger partial charge in [0.2, 0.25) is 0 Å².